The molecule has 0 aliphatic carbocycles. The Morgan fingerprint density at radius 3 is 2.68 bits per heavy atom. The van der Waals surface area contributed by atoms with Gasteiger partial charge in [-0.15, -0.1) is 0 Å². The Morgan fingerprint density at radius 2 is 2.05 bits per heavy atom. The van der Waals surface area contributed by atoms with Crippen molar-refractivity contribution in [2.24, 2.45) is 0 Å². The van der Waals surface area contributed by atoms with Crippen LogP contribution < -0.4 is 10.6 Å². The molecule has 5 nitrogen and oxygen atoms in total. The van der Waals surface area contributed by atoms with E-state index in [9.17, 15) is 14.0 Å². The van der Waals surface area contributed by atoms with Gasteiger partial charge in [0.15, 0.2) is 0 Å². The van der Waals surface area contributed by atoms with Gasteiger partial charge in [-0.1, -0.05) is 24.3 Å². The lowest BCUT2D eigenvalue weighted by molar-refractivity contribution is -0.138. The van der Waals surface area contributed by atoms with Gasteiger partial charge >= 0.3 is 12.0 Å². The molecule has 1 atom stereocenters. The standard InChI is InChI=1S/C16H17FN2O3/c1-3-4-9-22-15(20)13-10(2)18-16(21)19-14(13)11-5-7-12(17)8-6-11/h3-8,14H,9H2,1-2H3,(H2,18,19,21). The average Bonchev–Trinajstić information content (AvgIpc) is 2.47. The van der Waals surface area contributed by atoms with Crippen LogP contribution in [-0.2, 0) is 9.53 Å². The van der Waals surface area contributed by atoms with Crippen LogP contribution in [0.3, 0.4) is 0 Å². The average molecular weight is 304 g/mol. The van der Waals surface area contributed by atoms with Gasteiger partial charge in [0.05, 0.1) is 11.6 Å². The maximum atomic E-state index is 13.1. The monoisotopic (exact) mass is 304 g/mol. The molecule has 1 aromatic rings. The van der Waals surface area contributed by atoms with Crippen LogP contribution in [0.15, 0.2) is 47.7 Å². The number of benzene rings is 1. The lowest BCUT2D eigenvalue weighted by Gasteiger charge is -2.28. The van der Waals surface area contributed by atoms with Gasteiger partial charge in [-0.3, -0.25) is 0 Å². The number of hydrogen-bond acceptors (Lipinski definition) is 3. The van der Waals surface area contributed by atoms with Crippen molar-refractivity contribution in [2.75, 3.05) is 6.61 Å². The summed E-state index contributed by atoms with van der Waals surface area (Å²) in [5, 5.41) is 5.20. The predicted octanol–water partition coefficient (Wildman–Crippen LogP) is 2.57. The fourth-order valence-electron chi connectivity index (χ4n) is 2.17. The van der Waals surface area contributed by atoms with E-state index in [0.29, 0.717) is 16.8 Å². The van der Waals surface area contributed by atoms with E-state index in [1.807, 2.05) is 6.92 Å². The van der Waals surface area contributed by atoms with E-state index in [-0.39, 0.29) is 12.4 Å². The molecule has 0 bridgehead atoms. The second kappa shape index (κ2) is 6.89. The molecule has 2 rings (SSSR count). The number of ether oxygens (including phenoxy) is 1. The topological polar surface area (TPSA) is 67.4 Å². The summed E-state index contributed by atoms with van der Waals surface area (Å²) in [6.45, 7) is 3.60. The van der Waals surface area contributed by atoms with E-state index in [1.165, 1.54) is 24.3 Å². The lowest BCUT2D eigenvalue weighted by Crippen LogP contribution is -2.45. The van der Waals surface area contributed by atoms with Crippen molar-refractivity contribution in [3.05, 3.63) is 59.1 Å². The van der Waals surface area contributed by atoms with E-state index in [0.717, 1.165) is 0 Å². The Kier molecular flexibility index (Phi) is 4.93. The first kappa shape index (κ1) is 15.8. The van der Waals surface area contributed by atoms with Crippen LogP contribution >= 0.6 is 0 Å². The highest BCUT2D eigenvalue weighted by Gasteiger charge is 2.32. The molecule has 0 aromatic heterocycles. The van der Waals surface area contributed by atoms with Gasteiger partial charge in [-0.25, -0.2) is 14.0 Å². The van der Waals surface area contributed by atoms with Crippen molar-refractivity contribution < 1.29 is 18.7 Å². The summed E-state index contributed by atoms with van der Waals surface area (Å²) < 4.78 is 18.2. The number of nitrogens with one attached hydrogen (secondary N) is 2. The summed E-state index contributed by atoms with van der Waals surface area (Å²) in [5.74, 6) is -0.917. The highest BCUT2D eigenvalue weighted by molar-refractivity contribution is 5.95. The Hall–Kier alpha value is -2.63. The number of esters is 1. The molecular formula is C16H17FN2O3. The van der Waals surface area contributed by atoms with Gasteiger partial charge in [0, 0.05) is 5.70 Å². The van der Waals surface area contributed by atoms with Gasteiger partial charge in [-0.05, 0) is 31.5 Å². The molecule has 2 amide bonds. The molecule has 1 heterocycles. The zero-order valence-electron chi connectivity index (χ0n) is 12.4. The summed E-state index contributed by atoms with van der Waals surface area (Å²) >= 11 is 0. The number of halogens is 1. The molecule has 0 saturated carbocycles. The molecule has 0 saturated heterocycles. The molecular weight excluding hydrogens is 287 g/mol. The highest BCUT2D eigenvalue weighted by atomic mass is 19.1. The molecule has 0 radical (unpaired) electrons. The molecule has 116 valence electrons. The minimum Gasteiger partial charge on any atom is -0.458 e. The van der Waals surface area contributed by atoms with Gasteiger partial charge in [0.1, 0.15) is 12.4 Å². The minimum atomic E-state index is -0.674. The Labute approximate surface area is 127 Å². The first-order chi connectivity index (χ1) is 10.5. The molecule has 1 unspecified atom stereocenters. The highest BCUT2D eigenvalue weighted by Crippen LogP contribution is 2.27. The van der Waals surface area contributed by atoms with Gasteiger partial charge in [0.25, 0.3) is 0 Å². The number of urea groups is 1. The zero-order valence-corrected chi connectivity index (χ0v) is 12.4. The van der Waals surface area contributed by atoms with Crippen LogP contribution in [0.2, 0.25) is 0 Å². The third kappa shape index (κ3) is 3.52. The predicted molar refractivity (Wildman–Crippen MR) is 79.3 cm³/mol. The fraction of sp³-hybridized carbons (Fsp3) is 0.250. The van der Waals surface area contributed by atoms with Crippen LogP contribution in [0.25, 0.3) is 0 Å². The third-order valence-electron chi connectivity index (χ3n) is 3.24. The van der Waals surface area contributed by atoms with Gasteiger partial charge < -0.3 is 15.4 Å². The Balaban J connectivity index is 2.32. The molecule has 1 aromatic carbocycles. The Morgan fingerprint density at radius 1 is 1.36 bits per heavy atom. The summed E-state index contributed by atoms with van der Waals surface area (Å²) in [6.07, 6.45) is 3.47. The summed E-state index contributed by atoms with van der Waals surface area (Å²) in [4.78, 5) is 23.9. The summed E-state index contributed by atoms with van der Waals surface area (Å²) in [7, 11) is 0. The van der Waals surface area contributed by atoms with Crippen LogP contribution in [-0.4, -0.2) is 18.6 Å². The maximum Gasteiger partial charge on any atom is 0.338 e. The smallest absolute Gasteiger partial charge is 0.338 e. The van der Waals surface area contributed by atoms with E-state index >= 15 is 0 Å². The largest absolute Gasteiger partial charge is 0.458 e. The number of allylic oxidation sites excluding steroid dienone is 2. The van der Waals surface area contributed by atoms with Gasteiger partial charge in [0.2, 0.25) is 0 Å². The van der Waals surface area contributed by atoms with E-state index in [2.05, 4.69) is 10.6 Å². The molecule has 2 N–H and O–H groups in total. The minimum absolute atomic E-state index is 0.149. The quantitative estimate of drug-likeness (QED) is 0.663. The first-order valence-corrected chi connectivity index (χ1v) is 6.85. The molecule has 1 aliphatic heterocycles. The van der Waals surface area contributed by atoms with Gasteiger partial charge in [-0.2, -0.15) is 0 Å². The maximum absolute atomic E-state index is 13.1. The van der Waals surface area contributed by atoms with E-state index < -0.39 is 18.0 Å². The fourth-order valence-corrected chi connectivity index (χ4v) is 2.17. The molecule has 0 fully saturated rings. The second-order valence-electron chi connectivity index (χ2n) is 4.79. The molecule has 6 heteroatoms. The van der Waals surface area contributed by atoms with Crippen molar-refractivity contribution >= 4 is 12.0 Å². The number of amides is 2. The molecule has 1 aliphatic rings. The van der Waals surface area contributed by atoms with Crippen LogP contribution in [0, 0.1) is 5.82 Å². The summed E-state index contributed by atoms with van der Waals surface area (Å²) in [5.41, 5.74) is 1.33. The zero-order chi connectivity index (χ0) is 16.1. The Bertz CT molecular complexity index is 635. The normalized spacial score (nSPS) is 18.1. The second-order valence-corrected chi connectivity index (χ2v) is 4.79. The van der Waals surface area contributed by atoms with E-state index in [4.69, 9.17) is 4.74 Å². The van der Waals surface area contributed by atoms with Crippen molar-refractivity contribution in [1.82, 2.24) is 10.6 Å². The SMILES string of the molecule is CC=CCOC(=O)C1=C(C)NC(=O)NC1c1ccc(F)cc1. The molecule has 22 heavy (non-hydrogen) atoms. The summed E-state index contributed by atoms with van der Waals surface area (Å²) in [6, 6.07) is 4.52. The first-order valence-electron chi connectivity index (χ1n) is 6.85. The van der Waals surface area contributed by atoms with Crippen molar-refractivity contribution in [3.8, 4) is 0 Å². The lowest BCUT2D eigenvalue weighted by atomic mass is 9.95. The number of carbonyl (C=O) groups excluding carboxylic acids is 2. The van der Waals surface area contributed by atoms with Crippen molar-refractivity contribution in [1.29, 1.82) is 0 Å². The third-order valence-corrected chi connectivity index (χ3v) is 3.24. The van der Waals surface area contributed by atoms with Crippen molar-refractivity contribution in [2.45, 2.75) is 19.9 Å². The van der Waals surface area contributed by atoms with Crippen molar-refractivity contribution in [3.63, 3.8) is 0 Å². The number of carbonyl (C=O) groups is 2. The van der Waals surface area contributed by atoms with Crippen LogP contribution in [0.4, 0.5) is 9.18 Å². The van der Waals surface area contributed by atoms with Crippen LogP contribution in [0.5, 0.6) is 0 Å². The van der Waals surface area contributed by atoms with E-state index in [1.54, 1.807) is 19.1 Å². The molecule has 0 spiro atoms. The number of rotatable bonds is 4. The van der Waals surface area contributed by atoms with Crippen LogP contribution in [0.1, 0.15) is 25.5 Å². The number of hydrogen-bond donors (Lipinski definition) is 2.